The predicted molar refractivity (Wildman–Crippen MR) is 59.5 cm³/mol. The van der Waals surface area contributed by atoms with Crippen molar-refractivity contribution in [2.45, 2.75) is 12.5 Å². The average molecular weight is 221 g/mol. The first-order valence-electron chi connectivity index (χ1n) is 5.21. The standard InChI is InChI=1S/C12H15NO3/c1-15-9-4-3-8-6-13-7-11(10(8)5-9)12(14)16-2/h3-5,11,13H,6-7H2,1-2H3. The maximum Gasteiger partial charge on any atom is 0.314 e. The molecule has 0 saturated heterocycles. The van der Waals surface area contributed by atoms with Crippen LogP contribution in [0.1, 0.15) is 17.0 Å². The van der Waals surface area contributed by atoms with E-state index in [1.807, 2.05) is 18.2 Å². The lowest BCUT2D eigenvalue weighted by Crippen LogP contribution is -2.33. The van der Waals surface area contributed by atoms with Crippen LogP contribution in [0, 0.1) is 0 Å². The summed E-state index contributed by atoms with van der Waals surface area (Å²) < 4.78 is 9.97. The number of benzene rings is 1. The zero-order chi connectivity index (χ0) is 11.5. The second-order valence-corrected chi connectivity index (χ2v) is 3.77. The third-order valence-corrected chi connectivity index (χ3v) is 2.88. The number of ether oxygens (including phenoxy) is 2. The number of methoxy groups -OCH3 is 2. The molecule has 0 spiro atoms. The van der Waals surface area contributed by atoms with Crippen LogP contribution in [-0.2, 0) is 16.1 Å². The van der Waals surface area contributed by atoms with E-state index in [0.717, 1.165) is 23.4 Å². The molecule has 1 N–H and O–H groups in total. The van der Waals surface area contributed by atoms with Gasteiger partial charge in [0, 0.05) is 13.1 Å². The van der Waals surface area contributed by atoms with Crippen molar-refractivity contribution in [2.24, 2.45) is 0 Å². The van der Waals surface area contributed by atoms with Gasteiger partial charge >= 0.3 is 5.97 Å². The molecule has 1 heterocycles. The number of esters is 1. The predicted octanol–water partition coefficient (Wildman–Crippen LogP) is 1.05. The van der Waals surface area contributed by atoms with Gasteiger partial charge in [0.25, 0.3) is 0 Å². The van der Waals surface area contributed by atoms with Crippen molar-refractivity contribution in [3.63, 3.8) is 0 Å². The topological polar surface area (TPSA) is 47.6 Å². The van der Waals surface area contributed by atoms with Crippen LogP contribution in [-0.4, -0.2) is 26.7 Å². The molecule has 1 aliphatic rings. The number of fused-ring (bicyclic) bond motifs is 1. The van der Waals surface area contributed by atoms with E-state index in [4.69, 9.17) is 9.47 Å². The first kappa shape index (κ1) is 11.0. The summed E-state index contributed by atoms with van der Waals surface area (Å²) in [5.41, 5.74) is 2.13. The van der Waals surface area contributed by atoms with Crippen molar-refractivity contribution in [3.8, 4) is 5.75 Å². The maximum atomic E-state index is 11.6. The van der Waals surface area contributed by atoms with Crippen molar-refractivity contribution in [1.82, 2.24) is 5.32 Å². The molecule has 16 heavy (non-hydrogen) atoms. The van der Waals surface area contributed by atoms with E-state index in [1.54, 1.807) is 7.11 Å². The van der Waals surface area contributed by atoms with Crippen molar-refractivity contribution in [1.29, 1.82) is 0 Å². The van der Waals surface area contributed by atoms with Crippen LogP contribution in [0.4, 0.5) is 0 Å². The van der Waals surface area contributed by atoms with Crippen molar-refractivity contribution in [3.05, 3.63) is 29.3 Å². The third-order valence-electron chi connectivity index (χ3n) is 2.88. The first-order valence-corrected chi connectivity index (χ1v) is 5.21. The van der Waals surface area contributed by atoms with Gasteiger partial charge in [-0.3, -0.25) is 4.79 Å². The van der Waals surface area contributed by atoms with Crippen molar-refractivity contribution < 1.29 is 14.3 Å². The fraction of sp³-hybridized carbons (Fsp3) is 0.417. The second-order valence-electron chi connectivity index (χ2n) is 3.77. The van der Waals surface area contributed by atoms with Crippen molar-refractivity contribution >= 4 is 5.97 Å². The smallest absolute Gasteiger partial charge is 0.314 e. The average Bonchev–Trinajstić information content (AvgIpc) is 2.36. The van der Waals surface area contributed by atoms with Crippen LogP contribution in [0.3, 0.4) is 0 Å². The molecule has 0 saturated carbocycles. The largest absolute Gasteiger partial charge is 0.497 e. The highest BCUT2D eigenvalue weighted by Gasteiger charge is 2.27. The maximum absolute atomic E-state index is 11.6. The van der Waals surface area contributed by atoms with Crippen LogP contribution in [0.25, 0.3) is 0 Å². The van der Waals surface area contributed by atoms with Crippen LogP contribution >= 0.6 is 0 Å². The van der Waals surface area contributed by atoms with E-state index in [9.17, 15) is 4.79 Å². The highest BCUT2D eigenvalue weighted by Crippen LogP contribution is 2.28. The molecule has 0 fully saturated rings. The number of carbonyl (C=O) groups is 1. The van der Waals surface area contributed by atoms with Gasteiger partial charge in [-0.2, -0.15) is 0 Å². The van der Waals surface area contributed by atoms with Gasteiger partial charge in [-0.1, -0.05) is 6.07 Å². The minimum absolute atomic E-state index is 0.207. The normalized spacial score (nSPS) is 18.8. The Labute approximate surface area is 94.6 Å². The summed E-state index contributed by atoms with van der Waals surface area (Å²) in [4.78, 5) is 11.6. The molecule has 0 bridgehead atoms. The lowest BCUT2D eigenvalue weighted by molar-refractivity contribution is -0.142. The number of hydrogen-bond acceptors (Lipinski definition) is 4. The second kappa shape index (κ2) is 4.53. The minimum atomic E-state index is -0.233. The lowest BCUT2D eigenvalue weighted by atomic mass is 9.91. The van der Waals surface area contributed by atoms with Gasteiger partial charge in [0.05, 0.1) is 20.1 Å². The molecule has 4 nitrogen and oxygen atoms in total. The fourth-order valence-electron chi connectivity index (χ4n) is 2.00. The quantitative estimate of drug-likeness (QED) is 0.758. The Morgan fingerprint density at radius 1 is 1.44 bits per heavy atom. The van der Waals surface area contributed by atoms with E-state index >= 15 is 0 Å². The summed E-state index contributed by atoms with van der Waals surface area (Å²) in [6.07, 6.45) is 0. The Morgan fingerprint density at radius 2 is 2.25 bits per heavy atom. The molecule has 2 rings (SSSR count). The summed E-state index contributed by atoms with van der Waals surface area (Å²) in [5, 5.41) is 3.20. The van der Waals surface area contributed by atoms with Crippen molar-refractivity contribution in [2.75, 3.05) is 20.8 Å². The van der Waals surface area contributed by atoms with Gasteiger partial charge < -0.3 is 14.8 Å². The molecule has 1 aliphatic heterocycles. The Hall–Kier alpha value is -1.55. The minimum Gasteiger partial charge on any atom is -0.497 e. The van der Waals surface area contributed by atoms with Crippen LogP contribution in [0.15, 0.2) is 18.2 Å². The molecule has 1 aromatic carbocycles. The molecule has 0 aliphatic carbocycles. The summed E-state index contributed by atoms with van der Waals surface area (Å²) in [6, 6.07) is 5.80. The van der Waals surface area contributed by atoms with E-state index < -0.39 is 0 Å². The Bertz CT molecular complexity index is 403. The molecule has 1 atom stereocenters. The SMILES string of the molecule is COC(=O)C1CNCc2ccc(OC)cc21. The van der Waals surface area contributed by atoms with Gasteiger partial charge in [0.2, 0.25) is 0 Å². The van der Waals surface area contributed by atoms with Gasteiger partial charge in [-0.15, -0.1) is 0 Å². The highest BCUT2D eigenvalue weighted by atomic mass is 16.5. The Kier molecular flexibility index (Phi) is 3.10. The van der Waals surface area contributed by atoms with Crippen LogP contribution in [0.2, 0.25) is 0 Å². The summed E-state index contributed by atoms with van der Waals surface area (Å²) in [5.74, 6) is 0.333. The van der Waals surface area contributed by atoms with Gasteiger partial charge in [0.15, 0.2) is 0 Å². The summed E-state index contributed by atoms with van der Waals surface area (Å²) in [7, 11) is 3.03. The molecule has 0 aromatic heterocycles. The number of rotatable bonds is 2. The zero-order valence-corrected chi connectivity index (χ0v) is 9.45. The van der Waals surface area contributed by atoms with Crippen LogP contribution < -0.4 is 10.1 Å². The monoisotopic (exact) mass is 221 g/mol. The zero-order valence-electron chi connectivity index (χ0n) is 9.45. The molecule has 1 unspecified atom stereocenters. The Balaban J connectivity index is 2.39. The molecule has 4 heteroatoms. The number of hydrogen-bond donors (Lipinski definition) is 1. The van der Waals surface area contributed by atoms with E-state index in [2.05, 4.69) is 5.32 Å². The Morgan fingerprint density at radius 3 is 2.94 bits per heavy atom. The molecular formula is C12H15NO3. The molecule has 1 aromatic rings. The molecular weight excluding hydrogens is 206 g/mol. The third kappa shape index (κ3) is 1.88. The van der Waals surface area contributed by atoms with Gasteiger partial charge in [-0.05, 0) is 23.3 Å². The fourth-order valence-corrected chi connectivity index (χ4v) is 2.00. The number of nitrogens with one attached hydrogen (secondary N) is 1. The molecule has 86 valence electrons. The summed E-state index contributed by atoms with van der Waals surface area (Å²) >= 11 is 0. The van der Waals surface area contributed by atoms with Gasteiger partial charge in [0.1, 0.15) is 5.75 Å². The molecule has 0 radical (unpaired) electrons. The molecule has 0 amide bonds. The van der Waals surface area contributed by atoms with E-state index in [1.165, 1.54) is 7.11 Å². The first-order chi connectivity index (χ1) is 7.76. The highest BCUT2D eigenvalue weighted by molar-refractivity contribution is 5.79. The number of carbonyl (C=O) groups excluding carboxylic acids is 1. The van der Waals surface area contributed by atoms with Crippen LogP contribution in [0.5, 0.6) is 5.75 Å². The van der Waals surface area contributed by atoms with E-state index in [0.29, 0.717) is 6.54 Å². The van der Waals surface area contributed by atoms with Gasteiger partial charge in [-0.25, -0.2) is 0 Å². The summed E-state index contributed by atoms with van der Waals surface area (Å²) in [6.45, 7) is 1.40. The van der Waals surface area contributed by atoms with E-state index in [-0.39, 0.29) is 11.9 Å². The lowest BCUT2D eigenvalue weighted by Gasteiger charge is -2.24.